The van der Waals surface area contributed by atoms with Crippen LogP contribution in [0.15, 0.2) is 53.6 Å². The number of thiazole rings is 1. The molecular weight excluding hydrogens is 388 g/mol. The first kappa shape index (κ1) is 18.7. The lowest BCUT2D eigenvalue weighted by Crippen LogP contribution is -2.18. The molecule has 0 aliphatic carbocycles. The summed E-state index contributed by atoms with van der Waals surface area (Å²) in [6.07, 6.45) is 1.31. The highest BCUT2D eigenvalue weighted by Gasteiger charge is 2.16. The monoisotopic (exact) mass is 400 g/mol. The van der Waals surface area contributed by atoms with E-state index in [0.717, 1.165) is 15.4 Å². The van der Waals surface area contributed by atoms with E-state index in [1.165, 1.54) is 29.7 Å². The standard InChI is InChI=1S/C18H13ClN4O3S/c1-11-16(21-18(27-11)13-5-3-2-4-6-13)17(24)22-20-10-12-7-8-14(19)15(9-12)23(25)26/h2-10H,1H3,(H,22,24)/b20-10-. The first-order chi connectivity index (χ1) is 13.0. The molecule has 27 heavy (non-hydrogen) atoms. The minimum Gasteiger partial charge on any atom is -0.266 e. The van der Waals surface area contributed by atoms with Crippen molar-refractivity contribution in [3.8, 4) is 10.6 Å². The van der Waals surface area contributed by atoms with Crippen LogP contribution in [0.1, 0.15) is 20.9 Å². The molecule has 0 spiro atoms. The molecule has 9 heteroatoms. The van der Waals surface area contributed by atoms with Crippen molar-refractivity contribution in [2.75, 3.05) is 0 Å². The predicted octanol–water partition coefficient (Wildman–Crippen LogP) is 4.44. The Labute approximate surface area is 163 Å². The summed E-state index contributed by atoms with van der Waals surface area (Å²) in [4.78, 5) is 27.8. The van der Waals surface area contributed by atoms with E-state index in [4.69, 9.17) is 11.6 Å². The SMILES string of the molecule is Cc1sc(-c2ccccc2)nc1C(=O)N/N=C\c1ccc(Cl)c([N+](=O)[O-])c1. The Morgan fingerprint density at radius 1 is 1.30 bits per heavy atom. The average molecular weight is 401 g/mol. The number of aryl methyl sites for hydroxylation is 1. The third-order valence-corrected chi connectivity index (χ3v) is 4.92. The zero-order valence-electron chi connectivity index (χ0n) is 14.0. The first-order valence-corrected chi connectivity index (χ1v) is 8.95. The predicted molar refractivity (Wildman–Crippen MR) is 105 cm³/mol. The summed E-state index contributed by atoms with van der Waals surface area (Å²) in [5, 5.41) is 15.5. The van der Waals surface area contributed by atoms with Gasteiger partial charge >= 0.3 is 0 Å². The second kappa shape index (κ2) is 8.07. The van der Waals surface area contributed by atoms with Gasteiger partial charge in [0.1, 0.15) is 15.7 Å². The number of nitrogens with one attached hydrogen (secondary N) is 1. The zero-order valence-corrected chi connectivity index (χ0v) is 15.6. The van der Waals surface area contributed by atoms with E-state index in [9.17, 15) is 14.9 Å². The Bertz CT molecular complexity index is 1030. The Morgan fingerprint density at radius 3 is 2.74 bits per heavy atom. The van der Waals surface area contributed by atoms with Crippen molar-refractivity contribution in [1.82, 2.24) is 10.4 Å². The topological polar surface area (TPSA) is 97.5 Å². The minimum atomic E-state index is -0.581. The van der Waals surface area contributed by atoms with E-state index in [1.807, 2.05) is 37.3 Å². The van der Waals surface area contributed by atoms with Crippen LogP contribution in [0.25, 0.3) is 10.6 Å². The number of carbonyl (C=O) groups is 1. The van der Waals surface area contributed by atoms with Crippen LogP contribution in [-0.4, -0.2) is 22.0 Å². The van der Waals surface area contributed by atoms with Gasteiger partial charge in [0.25, 0.3) is 11.6 Å². The number of halogens is 1. The summed E-state index contributed by atoms with van der Waals surface area (Å²) in [5.74, 6) is -0.453. The molecule has 0 saturated carbocycles. The van der Waals surface area contributed by atoms with E-state index < -0.39 is 10.8 Å². The number of aromatic nitrogens is 1. The fourth-order valence-corrected chi connectivity index (χ4v) is 3.38. The van der Waals surface area contributed by atoms with Gasteiger partial charge in [-0.3, -0.25) is 14.9 Å². The van der Waals surface area contributed by atoms with Gasteiger partial charge in [-0.1, -0.05) is 48.0 Å². The molecule has 3 aromatic rings. The molecule has 1 amide bonds. The smallest absolute Gasteiger partial charge is 0.266 e. The Balaban J connectivity index is 1.73. The fraction of sp³-hybridized carbons (Fsp3) is 0.0556. The van der Waals surface area contributed by atoms with Crippen LogP contribution in [0, 0.1) is 17.0 Å². The van der Waals surface area contributed by atoms with Gasteiger partial charge in [0, 0.05) is 22.1 Å². The van der Waals surface area contributed by atoms with Gasteiger partial charge in [0.2, 0.25) is 0 Å². The minimum absolute atomic E-state index is 0.0349. The van der Waals surface area contributed by atoms with Gasteiger partial charge in [-0.15, -0.1) is 11.3 Å². The summed E-state index contributed by atoms with van der Waals surface area (Å²) in [5.41, 5.74) is 3.82. The van der Waals surface area contributed by atoms with Gasteiger partial charge in [-0.05, 0) is 13.0 Å². The lowest BCUT2D eigenvalue weighted by Gasteiger charge is -1.99. The maximum atomic E-state index is 12.3. The molecule has 0 radical (unpaired) electrons. The van der Waals surface area contributed by atoms with Gasteiger partial charge in [0.05, 0.1) is 11.1 Å². The molecule has 1 heterocycles. The van der Waals surface area contributed by atoms with Gasteiger partial charge in [0.15, 0.2) is 0 Å². The highest BCUT2D eigenvalue weighted by atomic mass is 35.5. The number of nitrogens with zero attached hydrogens (tertiary/aromatic N) is 3. The molecule has 1 aromatic heterocycles. The maximum Gasteiger partial charge on any atom is 0.291 e. The third kappa shape index (κ3) is 4.36. The first-order valence-electron chi connectivity index (χ1n) is 7.76. The molecule has 0 aliphatic rings. The third-order valence-electron chi connectivity index (χ3n) is 3.58. The summed E-state index contributed by atoms with van der Waals surface area (Å²) >= 11 is 7.18. The molecule has 0 saturated heterocycles. The number of hydrogen-bond donors (Lipinski definition) is 1. The lowest BCUT2D eigenvalue weighted by molar-refractivity contribution is -0.384. The Morgan fingerprint density at radius 2 is 2.04 bits per heavy atom. The van der Waals surface area contributed by atoms with Crippen molar-refractivity contribution in [3.63, 3.8) is 0 Å². The summed E-state index contributed by atoms with van der Waals surface area (Å²) < 4.78 is 0. The van der Waals surface area contributed by atoms with Crippen molar-refractivity contribution < 1.29 is 9.72 Å². The molecular formula is C18H13ClN4O3S. The highest BCUT2D eigenvalue weighted by molar-refractivity contribution is 7.15. The van der Waals surface area contributed by atoms with Crippen molar-refractivity contribution >= 4 is 40.7 Å². The molecule has 3 rings (SSSR count). The number of hydrazone groups is 1. The number of carbonyl (C=O) groups excluding carboxylic acids is 1. The molecule has 0 atom stereocenters. The van der Waals surface area contributed by atoms with Gasteiger partial charge in [-0.2, -0.15) is 5.10 Å². The quantitative estimate of drug-likeness (QED) is 0.388. The van der Waals surface area contributed by atoms with Crippen molar-refractivity contribution in [2.24, 2.45) is 5.10 Å². The van der Waals surface area contributed by atoms with Crippen LogP contribution in [0.2, 0.25) is 5.02 Å². The van der Waals surface area contributed by atoms with Crippen molar-refractivity contribution in [3.05, 3.63) is 79.8 Å². The highest BCUT2D eigenvalue weighted by Crippen LogP contribution is 2.27. The number of benzene rings is 2. The van der Waals surface area contributed by atoms with Crippen LogP contribution >= 0.6 is 22.9 Å². The van der Waals surface area contributed by atoms with E-state index in [1.54, 1.807) is 6.07 Å². The number of nitro groups is 1. The average Bonchev–Trinajstić information content (AvgIpc) is 3.05. The molecule has 2 aromatic carbocycles. The zero-order chi connectivity index (χ0) is 19.4. The Hall–Kier alpha value is -3.10. The molecule has 7 nitrogen and oxygen atoms in total. The summed E-state index contributed by atoms with van der Waals surface area (Å²) in [6, 6.07) is 13.8. The maximum absolute atomic E-state index is 12.3. The van der Waals surface area contributed by atoms with Crippen molar-refractivity contribution in [2.45, 2.75) is 6.92 Å². The van der Waals surface area contributed by atoms with Gasteiger partial charge < -0.3 is 0 Å². The van der Waals surface area contributed by atoms with Crippen molar-refractivity contribution in [1.29, 1.82) is 0 Å². The summed E-state index contributed by atoms with van der Waals surface area (Å²) in [6.45, 7) is 1.81. The Kier molecular flexibility index (Phi) is 5.58. The van der Waals surface area contributed by atoms with Crippen LogP contribution in [0.4, 0.5) is 5.69 Å². The van der Waals surface area contributed by atoms with Crippen LogP contribution in [-0.2, 0) is 0 Å². The van der Waals surface area contributed by atoms with Crippen LogP contribution in [0.5, 0.6) is 0 Å². The number of nitro benzene ring substituents is 1. The van der Waals surface area contributed by atoms with Gasteiger partial charge in [-0.25, -0.2) is 10.4 Å². The second-order valence-corrected chi connectivity index (χ2v) is 7.07. The van der Waals surface area contributed by atoms with E-state index >= 15 is 0 Å². The normalized spacial score (nSPS) is 10.9. The van der Waals surface area contributed by atoms with E-state index in [2.05, 4.69) is 15.5 Å². The van der Waals surface area contributed by atoms with E-state index in [-0.39, 0.29) is 16.4 Å². The number of rotatable bonds is 5. The molecule has 0 unspecified atom stereocenters. The number of hydrogen-bond acceptors (Lipinski definition) is 6. The summed E-state index contributed by atoms with van der Waals surface area (Å²) in [7, 11) is 0. The largest absolute Gasteiger partial charge is 0.291 e. The van der Waals surface area contributed by atoms with Crippen LogP contribution < -0.4 is 5.43 Å². The van der Waals surface area contributed by atoms with Crippen LogP contribution in [0.3, 0.4) is 0 Å². The molecule has 136 valence electrons. The molecule has 0 aliphatic heterocycles. The van der Waals surface area contributed by atoms with E-state index in [0.29, 0.717) is 5.56 Å². The second-order valence-electron chi connectivity index (χ2n) is 5.46. The number of amides is 1. The lowest BCUT2D eigenvalue weighted by atomic mass is 10.2. The molecule has 0 fully saturated rings. The molecule has 1 N–H and O–H groups in total. The fourth-order valence-electron chi connectivity index (χ4n) is 2.28. The molecule has 0 bridgehead atoms.